The summed E-state index contributed by atoms with van der Waals surface area (Å²) < 4.78 is 13.9. The number of urea groups is 1. The number of morpholine rings is 1. The van der Waals surface area contributed by atoms with Crippen LogP contribution < -0.4 is 5.32 Å². The first-order valence-electron chi connectivity index (χ1n) is 10.6. The molecule has 29 heavy (non-hydrogen) atoms. The molecule has 3 amide bonds. The molecule has 2 fully saturated rings. The van der Waals surface area contributed by atoms with E-state index in [9.17, 15) is 9.59 Å². The monoisotopic (exact) mass is 405 g/mol. The lowest BCUT2D eigenvalue weighted by Crippen LogP contribution is -2.57. The summed E-state index contributed by atoms with van der Waals surface area (Å²) >= 11 is 0. The molecule has 0 aliphatic carbocycles. The normalized spacial score (nSPS) is 23.9. The number of nitrogens with one attached hydrogen (secondary N) is 1. The van der Waals surface area contributed by atoms with E-state index in [1.165, 1.54) is 0 Å². The largest absolute Gasteiger partial charge is 0.378 e. The van der Waals surface area contributed by atoms with Crippen molar-refractivity contribution in [1.29, 1.82) is 0 Å². The number of carbonyl (C=O) groups excluding carboxylic acids is 2. The van der Waals surface area contributed by atoms with Crippen LogP contribution in [0.5, 0.6) is 0 Å². The number of carbonyl (C=O) groups is 2. The average molecular weight is 405 g/mol. The number of nitrogens with zero attached hydrogens (tertiary/aromatic N) is 4. The van der Waals surface area contributed by atoms with Crippen LogP contribution in [-0.2, 0) is 26.4 Å². The third kappa shape index (κ3) is 4.11. The van der Waals surface area contributed by atoms with Gasteiger partial charge in [-0.15, -0.1) is 0 Å². The summed E-state index contributed by atoms with van der Waals surface area (Å²) in [4.78, 5) is 33.7. The van der Waals surface area contributed by atoms with Crippen LogP contribution in [0.4, 0.5) is 4.79 Å². The van der Waals surface area contributed by atoms with Gasteiger partial charge in [0.2, 0.25) is 0 Å². The van der Waals surface area contributed by atoms with Crippen LogP contribution in [-0.4, -0.2) is 83.3 Å². The van der Waals surface area contributed by atoms with Gasteiger partial charge in [-0.3, -0.25) is 4.79 Å². The lowest BCUT2D eigenvalue weighted by molar-refractivity contribution is -0.182. The molecule has 4 heterocycles. The Morgan fingerprint density at radius 3 is 2.62 bits per heavy atom. The van der Waals surface area contributed by atoms with Gasteiger partial charge >= 0.3 is 6.03 Å². The zero-order valence-corrected chi connectivity index (χ0v) is 17.3. The molecule has 0 saturated carbocycles. The standard InChI is InChI=1S/C20H31N5O4/c1-15(2)13-22-19(27)24-6-3-20(4-7-24)18-21-5-8-25(18)14-16(29-20)17(26)23-9-11-28-12-10-23/h5,8,15-16H,3-4,6-7,9-14H2,1-2H3,(H,22,27). The minimum atomic E-state index is -0.622. The fraction of sp³-hybridized carbons (Fsp3) is 0.750. The average Bonchev–Trinajstić information content (AvgIpc) is 3.22. The molecule has 160 valence electrons. The molecule has 9 nitrogen and oxygen atoms in total. The van der Waals surface area contributed by atoms with E-state index >= 15 is 0 Å². The summed E-state index contributed by atoms with van der Waals surface area (Å²) in [6.07, 6.45) is 4.42. The second-order valence-corrected chi connectivity index (χ2v) is 8.51. The number of aromatic nitrogens is 2. The molecule has 1 aromatic heterocycles. The third-order valence-corrected chi connectivity index (χ3v) is 5.97. The predicted molar refractivity (Wildman–Crippen MR) is 105 cm³/mol. The fourth-order valence-corrected chi connectivity index (χ4v) is 4.33. The van der Waals surface area contributed by atoms with Gasteiger partial charge in [-0.05, 0) is 5.92 Å². The van der Waals surface area contributed by atoms with E-state index in [1.54, 1.807) is 6.20 Å². The van der Waals surface area contributed by atoms with E-state index in [1.807, 2.05) is 20.6 Å². The molecule has 1 spiro atoms. The smallest absolute Gasteiger partial charge is 0.317 e. The number of fused-ring (bicyclic) bond motifs is 2. The molecule has 0 aromatic carbocycles. The number of imidazole rings is 1. The van der Waals surface area contributed by atoms with Crippen molar-refractivity contribution in [2.45, 2.75) is 44.9 Å². The Bertz CT molecular complexity index is 735. The molecule has 3 aliphatic heterocycles. The topological polar surface area (TPSA) is 88.9 Å². The van der Waals surface area contributed by atoms with E-state index in [0.717, 1.165) is 5.82 Å². The van der Waals surface area contributed by atoms with Crippen molar-refractivity contribution in [3.05, 3.63) is 18.2 Å². The van der Waals surface area contributed by atoms with E-state index in [0.29, 0.717) is 71.2 Å². The summed E-state index contributed by atoms with van der Waals surface area (Å²) in [5, 5.41) is 2.98. The van der Waals surface area contributed by atoms with E-state index in [2.05, 4.69) is 24.1 Å². The summed E-state index contributed by atoms with van der Waals surface area (Å²) in [5.41, 5.74) is -0.622. The number of likely N-dealkylation sites (tertiary alicyclic amines) is 1. The molecule has 1 atom stereocenters. The number of rotatable bonds is 3. The van der Waals surface area contributed by atoms with Gasteiger partial charge in [0.25, 0.3) is 5.91 Å². The van der Waals surface area contributed by atoms with Gasteiger partial charge in [-0.25, -0.2) is 9.78 Å². The highest BCUT2D eigenvalue weighted by Crippen LogP contribution is 2.40. The van der Waals surface area contributed by atoms with Gasteiger partial charge in [-0.1, -0.05) is 13.8 Å². The molecule has 0 radical (unpaired) electrons. The van der Waals surface area contributed by atoms with Crippen molar-refractivity contribution in [3.63, 3.8) is 0 Å². The minimum absolute atomic E-state index is 0.0177. The van der Waals surface area contributed by atoms with E-state index < -0.39 is 11.7 Å². The van der Waals surface area contributed by atoms with E-state index in [-0.39, 0.29) is 11.9 Å². The first-order valence-corrected chi connectivity index (χ1v) is 10.6. The Kier molecular flexibility index (Phi) is 5.78. The Morgan fingerprint density at radius 2 is 1.93 bits per heavy atom. The second-order valence-electron chi connectivity index (χ2n) is 8.51. The van der Waals surface area contributed by atoms with Gasteiger partial charge < -0.3 is 29.2 Å². The summed E-state index contributed by atoms with van der Waals surface area (Å²) in [5.74, 6) is 1.30. The number of hydrogen-bond donors (Lipinski definition) is 1. The molecule has 1 aromatic rings. The van der Waals surface area contributed by atoms with Crippen molar-refractivity contribution in [2.24, 2.45) is 5.92 Å². The van der Waals surface area contributed by atoms with Crippen molar-refractivity contribution < 1.29 is 19.1 Å². The lowest BCUT2D eigenvalue weighted by atomic mass is 9.88. The number of amides is 3. The molecule has 4 rings (SSSR count). The number of ether oxygens (including phenoxy) is 2. The zero-order chi connectivity index (χ0) is 20.4. The maximum absolute atomic E-state index is 13.1. The highest BCUT2D eigenvalue weighted by Gasteiger charge is 2.48. The molecule has 9 heteroatoms. The molecular weight excluding hydrogens is 374 g/mol. The second kappa shape index (κ2) is 8.31. The van der Waals surface area contributed by atoms with Crippen LogP contribution in [0.1, 0.15) is 32.5 Å². The van der Waals surface area contributed by atoms with Crippen LogP contribution in [0.2, 0.25) is 0 Å². The predicted octanol–water partition coefficient (Wildman–Crippen LogP) is 0.797. The molecule has 3 aliphatic rings. The maximum atomic E-state index is 13.1. The summed E-state index contributed by atoms with van der Waals surface area (Å²) in [6, 6.07) is -0.0337. The lowest BCUT2D eigenvalue weighted by Gasteiger charge is -2.46. The van der Waals surface area contributed by atoms with Crippen LogP contribution >= 0.6 is 0 Å². The van der Waals surface area contributed by atoms with Gasteiger partial charge in [0.15, 0.2) is 6.10 Å². The summed E-state index contributed by atoms with van der Waals surface area (Å²) in [6.45, 7) is 8.80. The molecule has 2 saturated heterocycles. The van der Waals surface area contributed by atoms with Gasteiger partial charge in [0, 0.05) is 58.0 Å². The molecule has 0 bridgehead atoms. The van der Waals surface area contributed by atoms with E-state index in [4.69, 9.17) is 9.47 Å². The van der Waals surface area contributed by atoms with Crippen LogP contribution in [0.15, 0.2) is 12.4 Å². The molecule has 1 unspecified atom stereocenters. The van der Waals surface area contributed by atoms with Crippen molar-refractivity contribution >= 4 is 11.9 Å². The number of piperidine rings is 1. The van der Waals surface area contributed by atoms with Gasteiger partial charge in [0.05, 0.1) is 19.8 Å². The Balaban J connectivity index is 1.45. The highest BCUT2D eigenvalue weighted by atomic mass is 16.5. The summed E-state index contributed by atoms with van der Waals surface area (Å²) in [7, 11) is 0. The van der Waals surface area contributed by atoms with Gasteiger partial charge in [-0.2, -0.15) is 0 Å². The highest BCUT2D eigenvalue weighted by molar-refractivity contribution is 5.81. The molecule has 1 N–H and O–H groups in total. The van der Waals surface area contributed by atoms with Crippen molar-refractivity contribution in [2.75, 3.05) is 45.9 Å². The van der Waals surface area contributed by atoms with Crippen molar-refractivity contribution in [3.8, 4) is 0 Å². The Morgan fingerprint density at radius 1 is 1.21 bits per heavy atom. The Labute approximate surface area is 171 Å². The third-order valence-electron chi connectivity index (χ3n) is 5.97. The van der Waals surface area contributed by atoms with Crippen LogP contribution in [0.25, 0.3) is 0 Å². The SMILES string of the molecule is CC(C)CNC(=O)N1CCC2(CC1)OC(C(=O)N1CCOCC1)Cn1ccnc12. The van der Waals surface area contributed by atoms with Crippen LogP contribution in [0, 0.1) is 5.92 Å². The maximum Gasteiger partial charge on any atom is 0.317 e. The van der Waals surface area contributed by atoms with Crippen LogP contribution in [0.3, 0.4) is 0 Å². The van der Waals surface area contributed by atoms with Crippen molar-refractivity contribution in [1.82, 2.24) is 24.7 Å². The first kappa shape index (κ1) is 20.2. The first-order chi connectivity index (χ1) is 14.0. The minimum Gasteiger partial charge on any atom is -0.378 e. The zero-order valence-electron chi connectivity index (χ0n) is 17.3. The fourth-order valence-electron chi connectivity index (χ4n) is 4.33. The quantitative estimate of drug-likeness (QED) is 0.804. The van der Waals surface area contributed by atoms with Gasteiger partial charge in [0.1, 0.15) is 11.4 Å². The molecular formula is C20H31N5O4. The number of hydrogen-bond acceptors (Lipinski definition) is 5. The Hall–Kier alpha value is -2.13.